The van der Waals surface area contributed by atoms with Crippen LogP contribution in [0.3, 0.4) is 0 Å². The molecule has 0 spiro atoms. The smallest absolute Gasteiger partial charge is 0.0998 e. The Hall–Kier alpha value is -2.01. The molecule has 0 fully saturated rings. The maximum absolute atomic E-state index is 9.16. The first kappa shape index (κ1) is 13.4. The lowest BCUT2D eigenvalue weighted by Gasteiger charge is -2.19. The largest absolute Gasteiger partial charge is 0.382 e. The summed E-state index contributed by atoms with van der Waals surface area (Å²) in [5.74, 6) is 0.673. The summed E-state index contributed by atoms with van der Waals surface area (Å²) in [6, 6.07) is 14.7. The molecule has 0 aliphatic heterocycles. The van der Waals surface area contributed by atoms with Gasteiger partial charge < -0.3 is 5.32 Å². The second-order valence-corrected chi connectivity index (χ2v) is 5.49. The van der Waals surface area contributed by atoms with Gasteiger partial charge in [-0.3, -0.25) is 0 Å². The van der Waals surface area contributed by atoms with Crippen LogP contribution in [0.1, 0.15) is 32.8 Å². The number of fused-ring (bicyclic) bond motifs is 1. The molecule has 0 heterocycles. The van der Waals surface area contributed by atoms with E-state index in [9.17, 15) is 0 Å². The molecule has 0 radical (unpaired) electrons. The molecule has 0 saturated carbocycles. The Labute approximate surface area is 115 Å². The molecule has 0 amide bonds. The van der Waals surface area contributed by atoms with Gasteiger partial charge in [0.2, 0.25) is 0 Å². The maximum atomic E-state index is 9.16. The van der Waals surface area contributed by atoms with Crippen LogP contribution in [0.5, 0.6) is 0 Å². The second kappa shape index (κ2) is 5.75. The van der Waals surface area contributed by atoms with E-state index in [0.717, 1.165) is 28.4 Å². The zero-order valence-electron chi connectivity index (χ0n) is 11.8. The van der Waals surface area contributed by atoms with Crippen molar-refractivity contribution in [3.05, 3.63) is 42.0 Å². The van der Waals surface area contributed by atoms with Gasteiger partial charge in [0.05, 0.1) is 11.6 Å². The highest BCUT2D eigenvalue weighted by Gasteiger charge is 2.09. The minimum absolute atomic E-state index is 0.427. The van der Waals surface area contributed by atoms with Gasteiger partial charge in [-0.15, -0.1) is 0 Å². The normalized spacial score (nSPS) is 12.4. The number of nitriles is 1. The quantitative estimate of drug-likeness (QED) is 0.866. The second-order valence-electron chi connectivity index (χ2n) is 5.49. The summed E-state index contributed by atoms with van der Waals surface area (Å²) < 4.78 is 0. The van der Waals surface area contributed by atoms with E-state index in [1.54, 1.807) is 0 Å². The van der Waals surface area contributed by atoms with Crippen LogP contribution >= 0.6 is 0 Å². The van der Waals surface area contributed by atoms with Gasteiger partial charge in [0.15, 0.2) is 0 Å². The summed E-state index contributed by atoms with van der Waals surface area (Å²) in [5, 5.41) is 14.9. The third-order valence-corrected chi connectivity index (χ3v) is 3.27. The standard InChI is InChI=1S/C17H20N2/c1-12(2)10-13(3)19-17-9-8-14(11-18)15-6-4-5-7-16(15)17/h4-9,12-13,19H,10H2,1-3H3. The van der Waals surface area contributed by atoms with Crippen molar-refractivity contribution in [3.63, 3.8) is 0 Å². The summed E-state index contributed by atoms with van der Waals surface area (Å²) in [6.07, 6.45) is 1.13. The molecule has 2 nitrogen and oxygen atoms in total. The van der Waals surface area contributed by atoms with Crippen LogP contribution in [0, 0.1) is 17.2 Å². The monoisotopic (exact) mass is 252 g/mol. The summed E-state index contributed by atoms with van der Waals surface area (Å²) in [4.78, 5) is 0. The Morgan fingerprint density at radius 1 is 1.05 bits per heavy atom. The molecule has 19 heavy (non-hydrogen) atoms. The summed E-state index contributed by atoms with van der Waals surface area (Å²) in [5.41, 5.74) is 1.85. The predicted molar refractivity (Wildman–Crippen MR) is 81.2 cm³/mol. The van der Waals surface area contributed by atoms with Gasteiger partial charge in [0, 0.05) is 22.5 Å². The molecule has 1 atom stereocenters. The molecule has 2 heteroatoms. The highest BCUT2D eigenvalue weighted by Crippen LogP contribution is 2.27. The zero-order valence-corrected chi connectivity index (χ0v) is 11.8. The van der Waals surface area contributed by atoms with E-state index in [1.165, 1.54) is 0 Å². The lowest BCUT2D eigenvalue weighted by atomic mass is 10.0. The fourth-order valence-electron chi connectivity index (χ4n) is 2.55. The molecule has 1 N–H and O–H groups in total. The van der Waals surface area contributed by atoms with E-state index in [2.05, 4.69) is 38.2 Å². The highest BCUT2D eigenvalue weighted by molar-refractivity contribution is 5.97. The molecule has 2 rings (SSSR count). The van der Waals surface area contributed by atoms with Crippen LogP contribution in [0.4, 0.5) is 5.69 Å². The topological polar surface area (TPSA) is 35.8 Å². The summed E-state index contributed by atoms with van der Waals surface area (Å²) in [6.45, 7) is 6.66. The van der Waals surface area contributed by atoms with Crippen molar-refractivity contribution in [1.29, 1.82) is 5.26 Å². The van der Waals surface area contributed by atoms with E-state index in [4.69, 9.17) is 5.26 Å². The molecule has 98 valence electrons. The summed E-state index contributed by atoms with van der Waals surface area (Å²) >= 11 is 0. The first-order valence-electron chi connectivity index (χ1n) is 6.80. The van der Waals surface area contributed by atoms with Crippen molar-refractivity contribution in [2.45, 2.75) is 33.2 Å². The van der Waals surface area contributed by atoms with E-state index < -0.39 is 0 Å². The average Bonchev–Trinajstić information content (AvgIpc) is 2.38. The minimum Gasteiger partial charge on any atom is -0.382 e. The van der Waals surface area contributed by atoms with Gasteiger partial charge in [-0.2, -0.15) is 5.26 Å². The van der Waals surface area contributed by atoms with Crippen molar-refractivity contribution >= 4 is 16.5 Å². The fourth-order valence-corrected chi connectivity index (χ4v) is 2.55. The molecule has 0 aliphatic rings. The van der Waals surface area contributed by atoms with E-state index >= 15 is 0 Å². The van der Waals surface area contributed by atoms with E-state index in [0.29, 0.717) is 12.0 Å². The van der Waals surface area contributed by atoms with Crippen LogP contribution in [0.15, 0.2) is 36.4 Å². The van der Waals surface area contributed by atoms with Gasteiger partial charge in [-0.1, -0.05) is 38.1 Å². The molecule has 0 aliphatic carbocycles. The van der Waals surface area contributed by atoms with Gasteiger partial charge in [0.25, 0.3) is 0 Å². The third kappa shape index (κ3) is 3.06. The van der Waals surface area contributed by atoms with E-state index in [-0.39, 0.29) is 0 Å². The summed E-state index contributed by atoms with van der Waals surface area (Å²) in [7, 11) is 0. The van der Waals surface area contributed by atoms with Crippen molar-refractivity contribution in [2.75, 3.05) is 5.32 Å². The molecule has 2 aromatic carbocycles. The fraction of sp³-hybridized carbons (Fsp3) is 0.353. The number of anilines is 1. The predicted octanol–water partition coefficient (Wildman–Crippen LogP) is 4.56. The minimum atomic E-state index is 0.427. The lowest BCUT2D eigenvalue weighted by molar-refractivity contribution is 0.540. The van der Waals surface area contributed by atoms with Crippen LogP contribution < -0.4 is 5.32 Å². The number of rotatable bonds is 4. The lowest BCUT2D eigenvalue weighted by Crippen LogP contribution is -2.17. The van der Waals surface area contributed by atoms with Gasteiger partial charge in [-0.25, -0.2) is 0 Å². The maximum Gasteiger partial charge on any atom is 0.0998 e. The molecule has 0 bridgehead atoms. The van der Waals surface area contributed by atoms with Crippen molar-refractivity contribution in [1.82, 2.24) is 0 Å². The first-order valence-corrected chi connectivity index (χ1v) is 6.80. The first-order chi connectivity index (χ1) is 9.11. The Morgan fingerprint density at radius 2 is 1.74 bits per heavy atom. The Morgan fingerprint density at radius 3 is 2.37 bits per heavy atom. The number of nitrogens with zero attached hydrogens (tertiary/aromatic N) is 1. The SMILES string of the molecule is CC(C)CC(C)Nc1ccc(C#N)c2ccccc12. The van der Waals surface area contributed by atoms with Gasteiger partial charge >= 0.3 is 0 Å². The van der Waals surface area contributed by atoms with Crippen LogP contribution in [0.2, 0.25) is 0 Å². The Kier molecular flexibility index (Phi) is 4.06. The van der Waals surface area contributed by atoms with Crippen LogP contribution in [-0.4, -0.2) is 6.04 Å². The molecule has 0 saturated heterocycles. The molecule has 2 aromatic rings. The van der Waals surface area contributed by atoms with Crippen LogP contribution in [-0.2, 0) is 0 Å². The molecule has 0 aromatic heterocycles. The number of nitrogens with one attached hydrogen (secondary N) is 1. The molecular weight excluding hydrogens is 232 g/mol. The van der Waals surface area contributed by atoms with Crippen LogP contribution in [0.25, 0.3) is 10.8 Å². The zero-order chi connectivity index (χ0) is 13.8. The highest BCUT2D eigenvalue weighted by atomic mass is 14.9. The van der Waals surface area contributed by atoms with E-state index in [1.807, 2.05) is 30.3 Å². The average molecular weight is 252 g/mol. The van der Waals surface area contributed by atoms with Crippen molar-refractivity contribution in [3.8, 4) is 6.07 Å². The van der Waals surface area contributed by atoms with Crippen molar-refractivity contribution in [2.24, 2.45) is 5.92 Å². The molecule has 1 unspecified atom stereocenters. The Balaban J connectivity index is 2.37. The Bertz CT molecular complexity index is 608. The number of hydrogen-bond donors (Lipinski definition) is 1. The molecular formula is C17H20N2. The van der Waals surface area contributed by atoms with Gasteiger partial charge in [-0.05, 0) is 31.4 Å². The number of hydrogen-bond acceptors (Lipinski definition) is 2. The number of benzene rings is 2. The third-order valence-electron chi connectivity index (χ3n) is 3.27. The van der Waals surface area contributed by atoms with Crippen molar-refractivity contribution < 1.29 is 0 Å². The van der Waals surface area contributed by atoms with Gasteiger partial charge in [0.1, 0.15) is 0 Å².